The van der Waals surface area contributed by atoms with Crippen molar-refractivity contribution in [3.05, 3.63) is 29.8 Å². The van der Waals surface area contributed by atoms with Crippen molar-refractivity contribution in [1.29, 1.82) is 0 Å². The average Bonchev–Trinajstić information content (AvgIpc) is 3.16. The van der Waals surface area contributed by atoms with Crippen molar-refractivity contribution in [1.82, 2.24) is 4.90 Å². The van der Waals surface area contributed by atoms with Crippen LogP contribution in [0.5, 0.6) is 0 Å². The van der Waals surface area contributed by atoms with Gasteiger partial charge in [-0.05, 0) is 50.4 Å². The Morgan fingerprint density at radius 1 is 1.12 bits per heavy atom. The molecule has 0 bridgehead atoms. The highest BCUT2D eigenvalue weighted by Crippen LogP contribution is 2.27. The summed E-state index contributed by atoms with van der Waals surface area (Å²) in [6, 6.07) is 7.93. The van der Waals surface area contributed by atoms with Crippen molar-refractivity contribution in [2.45, 2.75) is 51.9 Å². The van der Waals surface area contributed by atoms with Crippen molar-refractivity contribution >= 4 is 11.6 Å². The Balaban J connectivity index is 1.55. The molecule has 0 spiro atoms. The predicted octanol–water partition coefficient (Wildman–Crippen LogP) is 3.22. The largest absolute Gasteiger partial charge is 0.350 e. The number of ether oxygens (including phenoxy) is 2. The van der Waals surface area contributed by atoms with Gasteiger partial charge in [-0.1, -0.05) is 32.0 Å². The van der Waals surface area contributed by atoms with Gasteiger partial charge in [0.2, 0.25) is 5.91 Å². The first kappa shape index (κ1) is 18.4. The molecule has 0 aliphatic carbocycles. The number of piperidine rings is 1. The summed E-state index contributed by atoms with van der Waals surface area (Å²) in [5.41, 5.74) is 2.11. The molecular formula is C20H30N2O3. The molecule has 5 heteroatoms. The van der Waals surface area contributed by atoms with Gasteiger partial charge in [0, 0.05) is 11.6 Å². The van der Waals surface area contributed by atoms with Gasteiger partial charge in [0.1, 0.15) is 0 Å². The number of nitrogens with zero attached hydrogens (tertiary/aromatic N) is 1. The standard InChI is InChI=1S/C20H30N2O3/c1-14(2)17-6-4-5-7-18(17)21-19(23)15(3)22-10-8-16(9-11-22)20-24-12-13-25-20/h4-7,14-16,20H,8-13H2,1-3H3,(H,21,23). The van der Waals surface area contributed by atoms with Gasteiger partial charge < -0.3 is 14.8 Å². The van der Waals surface area contributed by atoms with E-state index in [1.807, 2.05) is 25.1 Å². The minimum atomic E-state index is -0.133. The first-order valence-corrected chi connectivity index (χ1v) is 9.43. The fraction of sp³-hybridized carbons (Fsp3) is 0.650. The van der Waals surface area contributed by atoms with Crippen LogP contribution in [0.1, 0.15) is 45.1 Å². The number of amides is 1. The zero-order valence-electron chi connectivity index (χ0n) is 15.5. The van der Waals surface area contributed by atoms with E-state index in [1.165, 1.54) is 5.56 Å². The molecule has 2 aliphatic rings. The smallest absolute Gasteiger partial charge is 0.241 e. The Bertz CT molecular complexity index is 576. The first-order chi connectivity index (χ1) is 12.1. The number of carbonyl (C=O) groups excluding carboxylic acids is 1. The topological polar surface area (TPSA) is 50.8 Å². The molecule has 1 aromatic rings. The summed E-state index contributed by atoms with van der Waals surface area (Å²) in [6.45, 7) is 9.52. The van der Waals surface area contributed by atoms with Crippen LogP contribution in [0.2, 0.25) is 0 Å². The normalized spacial score (nSPS) is 21.6. The van der Waals surface area contributed by atoms with Crippen LogP contribution in [0, 0.1) is 5.92 Å². The number of anilines is 1. The molecule has 25 heavy (non-hydrogen) atoms. The van der Waals surface area contributed by atoms with E-state index in [1.54, 1.807) is 0 Å². The molecule has 5 nitrogen and oxygen atoms in total. The fourth-order valence-corrected chi connectivity index (χ4v) is 3.75. The van der Waals surface area contributed by atoms with E-state index in [4.69, 9.17) is 9.47 Å². The molecule has 1 amide bonds. The van der Waals surface area contributed by atoms with Gasteiger partial charge >= 0.3 is 0 Å². The third-order valence-electron chi connectivity index (χ3n) is 5.37. The molecular weight excluding hydrogens is 316 g/mol. The monoisotopic (exact) mass is 346 g/mol. The molecule has 0 saturated carbocycles. The Hall–Kier alpha value is -1.43. The van der Waals surface area contributed by atoms with Crippen molar-refractivity contribution in [2.24, 2.45) is 5.92 Å². The zero-order chi connectivity index (χ0) is 17.8. The van der Waals surface area contributed by atoms with Gasteiger partial charge in [0.25, 0.3) is 0 Å². The number of likely N-dealkylation sites (tertiary alicyclic amines) is 1. The van der Waals surface area contributed by atoms with Gasteiger partial charge in [0.15, 0.2) is 6.29 Å². The van der Waals surface area contributed by atoms with E-state index in [0.29, 0.717) is 25.0 Å². The quantitative estimate of drug-likeness (QED) is 0.889. The Labute approximate surface area is 150 Å². The number of benzene rings is 1. The number of hydrogen-bond donors (Lipinski definition) is 1. The third kappa shape index (κ3) is 4.40. The summed E-state index contributed by atoms with van der Waals surface area (Å²) in [7, 11) is 0. The maximum absolute atomic E-state index is 12.7. The van der Waals surface area contributed by atoms with Crippen LogP contribution in [-0.4, -0.2) is 49.4 Å². The second kappa shape index (κ2) is 8.30. The number of para-hydroxylation sites is 1. The highest BCUT2D eigenvalue weighted by atomic mass is 16.7. The number of hydrogen-bond acceptors (Lipinski definition) is 4. The Kier molecular flexibility index (Phi) is 6.10. The molecule has 1 N–H and O–H groups in total. The molecule has 0 radical (unpaired) electrons. The zero-order valence-corrected chi connectivity index (χ0v) is 15.5. The first-order valence-electron chi connectivity index (χ1n) is 9.43. The lowest BCUT2D eigenvalue weighted by Gasteiger charge is -2.36. The van der Waals surface area contributed by atoms with Crippen molar-refractivity contribution in [2.75, 3.05) is 31.6 Å². The Morgan fingerprint density at radius 3 is 2.40 bits per heavy atom. The molecule has 2 fully saturated rings. The van der Waals surface area contributed by atoms with Crippen LogP contribution in [0.4, 0.5) is 5.69 Å². The van der Waals surface area contributed by atoms with E-state index < -0.39 is 0 Å². The predicted molar refractivity (Wildman–Crippen MR) is 98.6 cm³/mol. The van der Waals surface area contributed by atoms with Gasteiger partial charge in [-0.25, -0.2) is 0 Å². The van der Waals surface area contributed by atoms with Crippen LogP contribution >= 0.6 is 0 Å². The maximum atomic E-state index is 12.7. The van der Waals surface area contributed by atoms with Gasteiger partial charge in [-0.2, -0.15) is 0 Å². The third-order valence-corrected chi connectivity index (χ3v) is 5.37. The highest BCUT2D eigenvalue weighted by Gasteiger charge is 2.33. The molecule has 138 valence electrons. The van der Waals surface area contributed by atoms with Crippen LogP contribution in [-0.2, 0) is 14.3 Å². The molecule has 0 aromatic heterocycles. The van der Waals surface area contributed by atoms with E-state index in [-0.39, 0.29) is 18.2 Å². The molecule has 2 aliphatic heterocycles. The van der Waals surface area contributed by atoms with Gasteiger partial charge in [0.05, 0.1) is 19.3 Å². The van der Waals surface area contributed by atoms with Crippen LogP contribution < -0.4 is 5.32 Å². The van der Waals surface area contributed by atoms with Crippen molar-refractivity contribution < 1.29 is 14.3 Å². The molecule has 3 rings (SSSR count). The lowest BCUT2D eigenvalue weighted by Crippen LogP contribution is -2.47. The van der Waals surface area contributed by atoms with Gasteiger partial charge in [-0.3, -0.25) is 9.69 Å². The summed E-state index contributed by atoms with van der Waals surface area (Å²) in [5.74, 6) is 0.907. The van der Waals surface area contributed by atoms with E-state index in [9.17, 15) is 4.79 Å². The van der Waals surface area contributed by atoms with Gasteiger partial charge in [-0.15, -0.1) is 0 Å². The summed E-state index contributed by atoms with van der Waals surface area (Å²) in [5, 5.41) is 3.13. The SMILES string of the molecule is CC(C)c1ccccc1NC(=O)C(C)N1CCC(C2OCCO2)CC1. The average molecular weight is 346 g/mol. The minimum absolute atomic E-state index is 0.0378. The molecule has 1 unspecified atom stereocenters. The number of rotatable bonds is 5. The van der Waals surface area contributed by atoms with Crippen LogP contribution in [0.3, 0.4) is 0 Å². The summed E-state index contributed by atoms with van der Waals surface area (Å²) in [4.78, 5) is 15.0. The number of nitrogens with one attached hydrogen (secondary N) is 1. The maximum Gasteiger partial charge on any atom is 0.241 e. The highest BCUT2D eigenvalue weighted by molar-refractivity contribution is 5.95. The van der Waals surface area contributed by atoms with E-state index in [2.05, 4.69) is 30.1 Å². The van der Waals surface area contributed by atoms with Crippen molar-refractivity contribution in [3.63, 3.8) is 0 Å². The second-order valence-electron chi connectivity index (χ2n) is 7.39. The fourth-order valence-electron chi connectivity index (χ4n) is 3.75. The van der Waals surface area contributed by atoms with E-state index >= 15 is 0 Å². The molecule has 1 atom stereocenters. The molecule has 2 saturated heterocycles. The second-order valence-corrected chi connectivity index (χ2v) is 7.39. The summed E-state index contributed by atoms with van der Waals surface area (Å²) in [6.07, 6.45) is 2.00. The lowest BCUT2D eigenvalue weighted by molar-refractivity contribution is -0.123. The van der Waals surface area contributed by atoms with Crippen LogP contribution in [0.25, 0.3) is 0 Å². The Morgan fingerprint density at radius 2 is 1.76 bits per heavy atom. The summed E-state index contributed by atoms with van der Waals surface area (Å²) >= 11 is 0. The van der Waals surface area contributed by atoms with E-state index in [0.717, 1.165) is 31.6 Å². The molecule has 2 heterocycles. The number of carbonyl (C=O) groups is 1. The molecule has 1 aromatic carbocycles. The lowest BCUT2D eigenvalue weighted by atomic mass is 9.95. The van der Waals surface area contributed by atoms with Crippen molar-refractivity contribution in [3.8, 4) is 0 Å². The van der Waals surface area contributed by atoms with Crippen LogP contribution in [0.15, 0.2) is 24.3 Å². The summed E-state index contributed by atoms with van der Waals surface area (Å²) < 4.78 is 11.3. The minimum Gasteiger partial charge on any atom is -0.350 e.